The molecule has 0 saturated carbocycles. The Hall–Kier alpha value is -1.59. The number of fused-ring (bicyclic) bond motifs is 1. The fourth-order valence-electron chi connectivity index (χ4n) is 3.21. The second-order valence-corrected chi connectivity index (χ2v) is 5.67. The molecular weight excluding hydrogens is 260 g/mol. The number of rotatable bonds is 1. The molecule has 0 aromatic carbocycles. The van der Waals surface area contributed by atoms with Crippen LogP contribution < -0.4 is 0 Å². The van der Waals surface area contributed by atoms with Gasteiger partial charge in [0.25, 0.3) is 0 Å². The molecule has 0 aromatic rings. The zero-order valence-corrected chi connectivity index (χ0v) is 12.3. The fourth-order valence-corrected chi connectivity index (χ4v) is 3.21. The molecule has 2 fully saturated rings. The summed E-state index contributed by atoms with van der Waals surface area (Å²) in [7, 11) is 1.35. The summed E-state index contributed by atoms with van der Waals surface area (Å²) in [5, 5.41) is 0. The molecule has 2 rings (SSSR count). The molecule has 20 heavy (non-hydrogen) atoms. The highest BCUT2D eigenvalue weighted by Crippen LogP contribution is 2.30. The van der Waals surface area contributed by atoms with Crippen LogP contribution in [-0.4, -0.2) is 59.9 Å². The van der Waals surface area contributed by atoms with Gasteiger partial charge in [-0.15, -0.1) is 0 Å². The molecule has 2 aliphatic rings. The molecule has 3 atom stereocenters. The van der Waals surface area contributed by atoms with Crippen LogP contribution in [0.3, 0.4) is 0 Å². The first-order chi connectivity index (χ1) is 9.45. The lowest BCUT2D eigenvalue weighted by atomic mass is 10.0. The Bertz CT molecular complexity index is 423. The predicted octanol–water partition coefficient (Wildman–Crippen LogP) is 0.407. The average Bonchev–Trinajstić information content (AvgIpc) is 2.83. The van der Waals surface area contributed by atoms with Crippen LogP contribution in [0.5, 0.6) is 0 Å². The van der Waals surface area contributed by atoms with Crippen LogP contribution in [0.4, 0.5) is 0 Å². The number of methoxy groups -OCH3 is 1. The summed E-state index contributed by atoms with van der Waals surface area (Å²) < 4.78 is 4.80. The van der Waals surface area contributed by atoms with E-state index >= 15 is 0 Å². The number of amides is 2. The molecule has 0 aromatic heterocycles. The van der Waals surface area contributed by atoms with Crippen LogP contribution in [-0.2, 0) is 19.1 Å². The monoisotopic (exact) mass is 282 g/mol. The van der Waals surface area contributed by atoms with E-state index in [0.29, 0.717) is 19.5 Å². The van der Waals surface area contributed by atoms with Crippen molar-refractivity contribution in [3.63, 3.8) is 0 Å². The van der Waals surface area contributed by atoms with Gasteiger partial charge in [-0.25, -0.2) is 4.79 Å². The van der Waals surface area contributed by atoms with E-state index in [0.717, 1.165) is 12.8 Å². The van der Waals surface area contributed by atoms with Crippen LogP contribution in [0, 0.1) is 5.92 Å². The molecule has 2 amide bonds. The highest BCUT2D eigenvalue weighted by atomic mass is 16.5. The minimum Gasteiger partial charge on any atom is -0.467 e. The fraction of sp³-hybridized carbons (Fsp3) is 0.786. The van der Waals surface area contributed by atoms with Crippen molar-refractivity contribution in [3.05, 3.63) is 0 Å². The molecule has 0 unspecified atom stereocenters. The Morgan fingerprint density at radius 2 is 1.95 bits per heavy atom. The van der Waals surface area contributed by atoms with Crippen molar-refractivity contribution in [3.8, 4) is 0 Å². The predicted molar refractivity (Wildman–Crippen MR) is 71.7 cm³/mol. The Balaban J connectivity index is 2.20. The third kappa shape index (κ3) is 2.64. The smallest absolute Gasteiger partial charge is 0.328 e. The first-order valence-corrected chi connectivity index (χ1v) is 7.11. The van der Waals surface area contributed by atoms with Crippen molar-refractivity contribution >= 4 is 17.8 Å². The molecule has 0 aliphatic carbocycles. The first kappa shape index (κ1) is 14.8. The molecule has 2 aliphatic heterocycles. The highest BCUT2D eigenvalue weighted by molar-refractivity contribution is 5.87. The first-order valence-electron chi connectivity index (χ1n) is 7.11. The SMILES string of the molecule is COC(=O)[C@@H]1CC[C@@H]2CCN(C(C)=O)C[C@H](C)C(=O)N21. The van der Waals surface area contributed by atoms with Crippen molar-refractivity contribution in [1.29, 1.82) is 0 Å². The molecule has 112 valence electrons. The number of carbonyl (C=O) groups excluding carboxylic acids is 3. The maximum atomic E-state index is 12.6. The Morgan fingerprint density at radius 3 is 2.55 bits per heavy atom. The maximum Gasteiger partial charge on any atom is 0.328 e. The van der Waals surface area contributed by atoms with Crippen molar-refractivity contribution in [2.24, 2.45) is 5.92 Å². The van der Waals surface area contributed by atoms with Crippen molar-refractivity contribution < 1.29 is 19.1 Å². The summed E-state index contributed by atoms with van der Waals surface area (Å²) in [5.41, 5.74) is 0. The van der Waals surface area contributed by atoms with Crippen molar-refractivity contribution in [1.82, 2.24) is 9.80 Å². The lowest BCUT2D eigenvalue weighted by Crippen LogP contribution is -2.52. The second-order valence-electron chi connectivity index (χ2n) is 5.67. The summed E-state index contributed by atoms with van der Waals surface area (Å²) in [6, 6.07) is -0.417. The molecule has 0 radical (unpaired) electrons. The third-order valence-corrected chi connectivity index (χ3v) is 4.32. The Kier molecular flexibility index (Phi) is 4.30. The van der Waals surface area contributed by atoms with Crippen LogP contribution >= 0.6 is 0 Å². The van der Waals surface area contributed by atoms with Crippen molar-refractivity contribution in [2.75, 3.05) is 20.2 Å². The molecular formula is C14H22N2O4. The van der Waals surface area contributed by atoms with Crippen LogP contribution in [0.25, 0.3) is 0 Å². The lowest BCUT2D eigenvalue weighted by Gasteiger charge is -2.37. The summed E-state index contributed by atoms with van der Waals surface area (Å²) in [6.07, 6.45) is 2.17. The molecule has 0 bridgehead atoms. The van der Waals surface area contributed by atoms with Crippen LogP contribution in [0.1, 0.15) is 33.1 Å². The van der Waals surface area contributed by atoms with Gasteiger partial charge < -0.3 is 14.5 Å². The van der Waals surface area contributed by atoms with Gasteiger partial charge in [0, 0.05) is 26.1 Å². The normalized spacial score (nSPS) is 30.6. The van der Waals surface area contributed by atoms with Gasteiger partial charge in [-0.05, 0) is 19.3 Å². The lowest BCUT2D eigenvalue weighted by molar-refractivity contribution is -0.155. The minimum atomic E-state index is -0.455. The summed E-state index contributed by atoms with van der Waals surface area (Å²) in [4.78, 5) is 39.4. The zero-order valence-electron chi connectivity index (χ0n) is 12.3. The summed E-state index contributed by atoms with van der Waals surface area (Å²) >= 11 is 0. The van der Waals surface area contributed by atoms with Gasteiger partial charge in [0.1, 0.15) is 6.04 Å². The number of hydrogen-bond acceptors (Lipinski definition) is 4. The van der Waals surface area contributed by atoms with E-state index in [1.807, 2.05) is 6.92 Å². The van der Waals surface area contributed by atoms with E-state index < -0.39 is 6.04 Å². The zero-order chi connectivity index (χ0) is 14.9. The van der Waals surface area contributed by atoms with Crippen LogP contribution in [0.15, 0.2) is 0 Å². The second kappa shape index (κ2) is 5.81. The van der Waals surface area contributed by atoms with E-state index in [1.54, 1.807) is 9.80 Å². The molecule has 6 heteroatoms. The summed E-state index contributed by atoms with van der Waals surface area (Å²) in [6.45, 7) is 4.41. The van der Waals surface area contributed by atoms with Gasteiger partial charge in [0.05, 0.1) is 13.0 Å². The number of nitrogens with zero attached hydrogens (tertiary/aromatic N) is 2. The molecule has 0 spiro atoms. The quantitative estimate of drug-likeness (QED) is 0.653. The van der Waals surface area contributed by atoms with Gasteiger partial charge in [0.15, 0.2) is 0 Å². The van der Waals surface area contributed by atoms with E-state index in [-0.39, 0.29) is 29.7 Å². The number of carbonyl (C=O) groups is 3. The van der Waals surface area contributed by atoms with E-state index in [4.69, 9.17) is 4.74 Å². The van der Waals surface area contributed by atoms with E-state index in [2.05, 4.69) is 0 Å². The van der Waals surface area contributed by atoms with Crippen molar-refractivity contribution in [2.45, 2.75) is 45.2 Å². The minimum absolute atomic E-state index is 0.000569. The van der Waals surface area contributed by atoms with Gasteiger partial charge in [0.2, 0.25) is 11.8 Å². The maximum absolute atomic E-state index is 12.6. The van der Waals surface area contributed by atoms with Gasteiger partial charge in [-0.2, -0.15) is 0 Å². The Morgan fingerprint density at radius 1 is 1.25 bits per heavy atom. The van der Waals surface area contributed by atoms with Gasteiger partial charge in [-0.3, -0.25) is 9.59 Å². The van der Waals surface area contributed by atoms with Crippen LogP contribution in [0.2, 0.25) is 0 Å². The summed E-state index contributed by atoms with van der Waals surface area (Å²) in [5.74, 6) is -0.668. The van der Waals surface area contributed by atoms with Gasteiger partial charge in [-0.1, -0.05) is 6.92 Å². The van der Waals surface area contributed by atoms with E-state index in [1.165, 1.54) is 14.0 Å². The highest BCUT2D eigenvalue weighted by Gasteiger charge is 2.44. The average molecular weight is 282 g/mol. The van der Waals surface area contributed by atoms with Gasteiger partial charge >= 0.3 is 5.97 Å². The molecule has 6 nitrogen and oxygen atoms in total. The Labute approximate surface area is 119 Å². The molecule has 2 saturated heterocycles. The number of esters is 1. The number of ether oxygens (including phenoxy) is 1. The molecule has 2 heterocycles. The molecule has 0 N–H and O–H groups in total. The number of hydrogen-bond donors (Lipinski definition) is 0. The standard InChI is InChI=1S/C14H22N2O4/c1-9-8-15(10(2)17)7-6-11-4-5-12(14(19)20-3)16(11)13(9)18/h9,11-12H,4-8H2,1-3H3/t9-,11+,12-/m0/s1. The topological polar surface area (TPSA) is 66.9 Å². The van der Waals surface area contributed by atoms with E-state index in [9.17, 15) is 14.4 Å². The largest absolute Gasteiger partial charge is 0.467 e. The third-order valence-electron chi connectivity index (χ3n) is 4.32.